The summed E-state index contributed by atoms with van der Waals surface area (Å²) in [6, 6.07) is 0. The van der Waals surface area contributed by atoms with Gasteiger partial charge in [0.1, 0.15) is 22.0 Å². The zero-order valence-corrected chi connectivity index (χ0v) is 13.0. The number of hydrogen-bond donors (Lipinski definition) is 2. The summed E-state index contributed by atoms with van der Waals surface area (Å²) in [5, 5.41) is 11.0. The number of furan rings is 1. The summed E-state index contributed by atoms with van der Waals surface area (Å²) >= 11 is 1.42. The van der Waals surface area contributed by atoms with E-state index in [1.165, 1.54) is 25.2 Å². The van der Waals surface area contributed by atoms with Gasteiger partial charge in [0.2, 0.25) is 10.0 Å². The zero-order valence-electron chi connectivity index (χ0n) is 11.4. The van der Waals surface area contributed by atoms with Gasteiger partial charge in [-0.3, -0.25) is 0 Å². The van der Waals surface area contributed by atoms with E-state index in [9.17, 15) is 13.2 Å². The molecule has 2 aromatic heterocycles. The number of carboxylic acid groups (broad SMARTS) is 1. The van der Waals surface area contributed by atoms with E-state index < -0.39 is 16.0 Å². The van der Waals surface area contributed by atoms with Gasteiger partial charge in [-0.25, -0.2) is 22.9 Å². The molecule has 0 spiro atoms. The Balaban J connectivity index is 2.21. The van der Waals surface area contributed by atoms with Crippen LogP contribution in [0.2, 0.25) is 0 Å². The average molecular weight is 330 g/mol. The van der Waals surface area contributed by atoms with Crippen molar-refractivity contribution in [2.45, 2.75) is 25.2 Å². The van der Waals surface area contributed by atoms with Crippen molar-refractivity contribution in [1.82, 2.24) is 9.71 Å². The molecule has 0 saturated carbocycles. The summed E-state index contributed by atoms with van der Waals surface area (Å²) in [6.45, 7) is 2.98. The van der Waals surface area contributed by atoms with Crippen molar-refractivity contribution in [3.05, 3.63) is 33.7 Å². The van der Waals surface area contributed by atoms with Crippen molar-refractivity contribution in [2.75, 3.05) is 6.54 Å². The molecule has 0 unspecified atom stereocenters. The van der Waals surface area contributed by atoms with Gasteiger partial charge in [0.05, 0.1) is 11.2 Å². The molecule has 0 amide bonds. The minimum Gasteiger partial charge on any atom is -0.478 e. The molecule has 0 atom stereocenters. The Bertz CT molecular complexity index is 747. The highest BCUT2D eigenvalue weighted by atomic mass is 32.2. The summed E-state index contributed by atoms with van der Waals surface area (Å²) in [5.74, 6) is -1.20. The van der Waals surface area contributed by atoms with Crippen LogP contribution in [0, 0.1) is 13.8 Å². The number of aromatic nitrogens is 1. The van der Waals surface area contributed by atoms with Crippen LogP contribution in [0.5, 0.6) is 0 Å². The fourth-order valence-corrected chi connectivity index (χ4v) is 4.01. The molecule has 0 radical (unpaired) electrons. The smallest absolute Gasteiger partial charge is 0.340 e. The van der Waals surface area contributed by atoms with Crippen LogP contribution < -0.4 is 4.72 Å². The summed E-state index contributed by atoms with van der Waals surface area (Å²) in [6.07, 6.45) is 0.432. The number of nitrogens with zero attached hydrogens (tertiary/aromatic N) is 1. The van der Waals surface area contributed by atoms with Gasteiger partial charge >= 0.3 is 5.97 Å². The molecule has 0 aliphatic rings. The van der Waals surface area contributed by atoms with E-state index in [1.54, 1.807) is 5.51 Å². The van der Waals surface area contributed by atoms with Crippen LogP contribution in [0.25, 0.3) is 0 Å². The monoisotopic (exact) mass is 330 g/mol. The molecule has 0 bridgehead atoms. The van der Waals surface area contributed by atoms with E-state index in [0.717, 1.165) is 5.69 Å². The SMILES string of the molecule is Cc1oc(C)c(S(=O)(=O)NCCc2cscn2)c1C(=O)O. The highest BCUT2D eigenvalue weighted by Gasteiger charge is 2.30. The molecule has 2 aromatic rings. The topological polar surface area (TPSA) is 110 Å². The third-order valence-electron chi connectivity index (χ3n) is 2.84. The first-order valence-corrected chi connectivity index (χ1v) is 8.45. The quantitative estimate of drug-likeness (QED) is 0.832. The molecule has 2 rings (SSSR count). The normalized spacial score (nSPS) is 11.7. The first kappa shape index (κ1) is 15.7. The molecule has 2 heterocycles. The lowest BCUT2D eigenvalue weighted by molar-refractivity contribution is 0.0691. The molecule has 0 aliphatic carbocycles. The molecule has 0 fully saturated rings. The van der Waals surface area contributed by atoms with Gasteiger partial charge in [-0.2, -0.15) is 0 Å². The molecule has 0 aliphatic heterocycles. The molecule has 0 aromatic carbocycles. The molecule has 21 heavy (non-hydrogen) atoms. The Kier molecular flexibility index (Phi) is 4.45. The number of carbonyl (C=O) groups is 1. The summed E-state index contributed by atoms with van der Waals surface area (Å²) < 4.78 is 32.0. The highest BCUT2D eigenvalue weighted by molar-refractivity contribution is 7.89. The van der Waals surface area contributed by atoms with Gasteiger partial charge < -0.3 is 9.52 Å². The van der Waals surface area contributed by atoms with Gasteiger partial charge in [-0.05, 0) is 13.8 Å². The first-order chi connectivity index (χ1) is 9.83. The van der Waals surface area contributed by atoms with Gasteiger partial charge in [0.25, 0.3) is 0 Å². The molecular weight excluding hydrogens is 316 g/mol. The van der Waals surface area contributed by atoms with Gasteiger partial charge in [0, 0.05) is 18.3 Å². The number of hydrogen-bond acceptors (Lipinski definition) is 6. The second kappa shape index (κ2) is 5.96. The number of aryl methyl sites for hydroxylation is 2. The second-order valence-electron chi connectivity index (χ2n) is 4.35. The predicted octanol–water partition coefficient (Wildman–Crippen LogP) is 1.57. The van der Waals surface area contributed by atoms with Crippen molar-refractivity contribution in [3.8, 4) is 0 Å². The van der Waals surface area contributed by atoms with Gasteiger partial charge in [-0.15, -0.1) is 11.3 Å². The Labute approximate surface area is 125 Å². The van der Waals surface area contributed by atoms with Crippen LogP contribution in [0.4, 0.5) is 0 Å². The molecule has 9 heteroatoms. The molecule has 7 nitrogen and oxygen atoms in total. The average Bonchev–Trinajstić information content (AvgIpc) is 2.96. The fourth-order valence-electron chi connectivity index (χ4n) is 1.98. The van der Waals surface area contributed by atoms with Gasteiger partial charge in [0.15, 0.2) is 0 Å². The third-order valence-corrected chi connectivity index (χ3v) is 5.09. The van der Waals surface area contributed by atoms with Crippen LogP contribution in [-0.2, 0) is 16.4 Å². The number of nitrogens with one attached hydrogen (secondary N) is 1. The first-order valence-electron chi connectivity index (χ1n) is 6.03. The molecule has 2 N–H and O–H groups in total. The Morgan fingerprint density at radius 2 is 2.14 bits per heavy atom. The standard InChI is InChI=1S/C12H14N2O5S2/c1-7-10(12(15)16)11(8(2)19-7)21(17,18)14-4-3-9-5-20-6-13-9/h5-6,14H,3-4H2,1-2H3,(H,15,16). The maximum absolute atomic E-state index is 12.3. The maximum Gasteiger partial charge on any atom is 0.340 e. The summed E-state index contributed by atoms with van der Waals surface area (Å²) in [7, 11) is -3.95. The highest BCUT2D eigenvalue weighted by Crippen LogP contribution is 2.26. The lowest BCUT2D eigenvalue weighted by atomic mass is 10.2. The Hall–Kier alpha value is -1.71. The number of sulfonamides is 1. The molecular formula is C12H14N2O5S2. The molecule has 114 valence electrons. The Morgan fingerprint density at radius 1 is 1.43 bits per heavy atom. The van der Waals surface area contributed by atoms with Crippen molar-refractivity contribution in [3.63, 3.8) is 0 Å². The minimum atomic E-state index is -3.95. The van der Waals surface area contributed by atoms with Crippen LogP contribution in [0.15, 0.2) is 20.2 Å². The number of thiazole rings is 1. The molecule has 0 saturated heterocycles. The summed E-state index contributed by atoms with van der Waals surface area (Å²) in [4.78, 5) is 14.9. The van der Waals surface area contributed by atoms with E-state index >= 15 is 0 Å². The Morgan fingerprint density at radius 3 is 2.71 bits per heavy atom. The van der Waals surface area contributed by atoms with Crippen molar-refractivity contribution < 1.29 is 22.7 Å². The number of rotatable bonds is 6. The van der Waals surface area contributed by atoms with Crippen molar-refractivity contribution in [2.24, 2.45) is 0 Å². The van der Waals surface area contributed by atoms with E-state index in [1.807, 2.05) is 5.38 Å². The van der Waals surface area contributed by atoms with E-state index in [-0.39, 0.29) is 28.5 Å². The van der Waals surface area contributed by atoms with Crippen molar-refractivity contribution >= 4 is 27.3 Å². The van der Waals surface area contributed by atoms with E-state index in [2.05, 4.69) is 9.71 Å². The summed E-state index contributed by atoms with van der Waals surface area (Å²) in [5.41, 5.74) is 2.12. The fraction of sp³-hybridized carbons (Fsp3) is 0.333. The third kappa shape index (κ3) is 3.31. The number of carboxylic acids is 1. The van der Waals surface area contributed by atoms with Crippen LogP contribution in [0.3, 0.4) is 0 Å². The maximum atomic E-state index is 12.3. The van der Waals surface area contributed by atoms with Crippen LogP contribution in [-0.4, -0.2) is 31.0 Å². The lowest BCUT2D eigenvalue weighted by Crippen LogP contribution is -2.27. The van der Waals surface area contributed by atoms with E-state index in [4.69, 9.17) is 9.52 Å². The van der Waals surface area contributed by atoms with Gasteiger partial charge in [-0.1, -0.05) is 0 Å². The second-order valence-corrected chi connectivity index (χ2v) is 6.77. The minimum absolute atomic E-state index is 0.0612. The predicted molar refractivity (Wildman–Crippen MR) is 76.1 cm³/mol. The van der Waals surface area contributed by atoms with Crippen LogP contribution in [0.1, 0.15) is 27.6 Å². The number of aromatic carboxylic acids is 1. The van der Waals surface area contributed by atoms with E-state index in [0.29, 0.717) is 6.42 Å². The zero-order chi connectivity index (χ0) is 15.6. The largest absolute Gasteiger partial charge is 0.478 e. The van der Waals surface area contributed by atoms with Crippen molar-refractivity contribution in [1.29, 1.82) is 0 Å². The van der Waals surface area contributed by atoms with Crippen LogP contribution >= 0.6 is 11.3 Å². The lowest BCUT2D eigenvalue weighted by Gasteiger charge is -2.06.